The molecule has 1 fully saturated rings. The van der Waals surface area contributed by atoms with Crippen LogP contribution in [0.5, 0.6) is 0 Å². The van der Waals surface area contributed by atoms with Gasteiger partial charge in [-0.1, -0.05) is 11.3 Å². The number of halogens is 1. The first kappa shape index (κ1) is 14.2. The molecule has 0 radical (unpaired) electrons. The predicted octanol–water partition coefficient (Wildman–Crippen LogP) is 2.00. The Hall–Kier alpha value is -1.79. The zero-order valence-corrected chi connectivity index (χ0v) is 12.2. The van der Waals surface area contributed by atoms with Gasteiger partial charge < -0.3 is 10.1 Å². The quantitative estimate of drug-likeness (QED) is 0.939. The van der Waals surface area contributed by atoms with Crippen LogP contribution in [-0.2, 0) is 4.74 Å². The third-order valence-electron chi connectivity index (χ3n) is 3.89. The van der Waals surface area contributed by atoms with Crippen LogP contribution in [0.25, 0.3) is 0 Å². The fraction of sp³-hybridized carbons (Fsp3) is 0.467. The Bertz CT molecular complexity index is 622. The van der Waals surface area contributed by atoms with Gasteiger partial charge in [-0.25, -0.2) is 9.07 Å². The van der Waals surface area contributed by atoms with E-state index in [-0.39, 0.29) is 17.9 Å². The van der Waals surface area contributed by atoms with Crippen molar-refractivity contribution in [3.8, 4) is 0 Å². The summed E-state index contributed by atoms with van der Waals surface area (Å²) in [6.45, 7) is 6.11. The number of aryl methyl sites for hydroxylation is 1. The second-order valence-corrected chi connectivity index (χ2v) is 5.38. The predicted molar refractivity (Wildman–Crippen MR) is 76.5 cm³/mol. The Morgan fingerprint density at radius 3 is 3.05 bits per heavy atom. The van der Waals surface area contributed by atoms with E-state index in [0.29, 0.717) is 6.61 Å². The van der Waals surface area contributed by atoms with Crippen molar-refractivity contribution in [2.24, 2.45) is 0 Å². The van der Waals surface area contributed by atoms with Gasteiger partial charge in [0.05, 0.1) is 31.5 Å². The molecule has 0 bridgehead atoms. The van der Waals surface area contributed by atoms with E-state index < -0.39 is 0 Å². The highest BCUT2D eigenvalue weighted by Crippen LogP contribution is 2.23. The summed E-state index contributed by atoms with van der Waals surface area (Å²) in [6, 6.07) is 4.93. The smallest absolute Gasteiger partial charge is 0.123 e. The molecule has 0 amide bonds. The van der Waals surface area contributed by atoms with Crippen LogP contribution in [0.2, 0.25) is 0 Å². The topological polar surface area (TPSA) is 52.0 Å². The zero-order valence-electron chi connectivity index (χ0n) is 12.2. The number of nitrogens with zero attached hydrogens (tertiary/aromatic N) is 3. The molecule has 1 aromatic heterocycles. The number of hydrogen-bond acceptors (Lipinski definition) is 4. The van der Waals surface area contributed by atoms with Crippen molar-refractivity contribution < 1.29 is 9.13 Å². The summed E-state index contributed by atoms with van der Waals surface area (Å²) in [5, 5.41) is 11.8. The SMILES string of the molecule is Cc1cc(F)ccc1[C@H](C)n1cc(C2COCCN2)nn1. The van der Waals surface area contributed by atoms with Gasteiger partial charge in [0.25, 0.3) is 0 Å². The minimum absolute atomic E-state index is 0.0105. The maximum Gasteiger partial charge on any atom is 0.123 e. The summed E-state index contributed by atoms with van der Waals surface area (Å²) >= 11 is 0. The number of hydrogen-bond donors (Lipinski definition) is 1. The summed E-state index contributed by atoms with van der Waals surface area (Å²) < 4.78 is 20.5. The third kappa shape index (κ3) is 2.96. The maximum atomic E-state index is 13.2. The van der Waals surface area contributed by atoms with E-state index in [4.69, 9.17) is 4.74 Å². The van der Waals surface area contributed by atoms with Crippen molar-refractivity contribution in [2.75, 3.05) is 19.8 Å². The molecule has 6 heteroatoms. The standard InChI is InChI=1S/C15H19FN4O/c1-10-7-12(16)3-4-13(10)11(2)20-8-14(18-19-20)15-9-21-6-5-17-15/h3-4,7-8,11,15,17H,5-6,9H2,1-2H3/t11-,15?/m0/s1. The van der Waals surface area contributed by atoms with Crippen LogP contribution in [0.3, 0.4) is 0 Å². The summed E-state index contributed by atoms with van der Waals surface area (Å²) in [5.41, 5.74) is 2.83. The fourth-order valence-corrected chi connectivity index (χ4v) is 2.65. The van der Waals surface area contributed by atoms with Crippen LogP contribution in [0.4, 0.5) is 4.39 Å². The lowest BCUT2D eigenvalue weighted by atomic mass is 10.0. The molecule has 5 nitrogen and oxygen atoms in total. The Morgan fingerprint density at radius 1 is 1.48 bits per heavy atom. The Balaban J connectivity index is 1.81. The number of aromatic nitrogens is 3. The lowest BCUT2D eigenvalue weighted by molar-refractivity contribution is 0.0756. The maximum absolute atomic E-state index is 13.2. The van der Waals surface area contributed by atoms with E-state index in [0.717, 1.165) is 30.0 Å². The van der Waals surface area contributed by atoms with Crippen LogP contribution in [0.1, 0.15) is 35.8 Å². The molecule has 1 N–H and O–H groups in total. The second-order valence-electron chi connectivity index (χ2n) is 5.38. The summed E-state index contributed by atoms with van der Waals surface area (Å²) in [6.07, 6.45) is 1.93. The second kappa shape index (κ2) is 5.91. The minimum atomic E-state index is -0.216. The molecule has 112 valence electrons. The van der Waals surface area contributed by atoms with Gasteiger partial charge >= 0.3 is 0 Å². The zero-order chi connectivity index (χ0) is 14.8. The minimum Gasteiger partial charge on any atom is -0.378 e. The van der Waals surface area contributed by atoms with E-state index in [1.54, 1.807) is 12.1 Å². The average molecular weight is 290 g/mol. The molecular weight excluding hydrogens is 271 g/mol. The molecule has 0 saturated carbocycles. The molecular formula is C15H19FN4O. The summed E-state index contributed by atoms with van der Waals surface area (Å²) in [4.78, 5) is 0. The largest absolute Gasteiger partial charge is 0.378 e. The number of ether oxygens (including phenoxy) is 1. The molecule has 21 heavy (non-hydrogen) atoms. The van der Waals surface area contributed by atoms with Crippen LogP contribution in [0.15, 0.2) is 24.4 Å². The van der Waals surface area contributed by atoms with Crippen LogP contribution < -0.4 is 5.32 Å². The third-order valence-corrected chi connectivity index (χ3v) is 3.89. The van der Waals surface area contributed by atoms with E-state index in [1.165, 1.54) is 6.07 Å². The normalized spacial score (nSPS) is 20.4. The van der Waals surface area contributed by atoms with Crippen molar-refractivity contribution in [3.05, 3.63) is 47.0 Å². The van der Waals surface area contributed by atoms with Gasteiger partial charge in [0, 0.05) is 6.54 Å². The van der Waals surface area contributed by atoms with Gasteiger partial charge in [-0.2, -0.15) is 0 Å². The van der Waals surface area contributed by atoms with E-state index in [1.807, 2.05) is 24.7 Å². The molecule has 3 rings (SSSR count). The highest BCUT2D eigenvalue weighted by Gasteiger charge is 2.20. The van der Waals surface area contributed by atoms with Crippen molar-refractivity contribution in [2.45, 2.75) is 25.9 Å². The Labute approximate surface area is 123 Å². The lowest BCUT2D eigenvalue weighted by Crippen LogP contribution is -2.34. The van der Waals surface area contributed by atoms with Gasteiger partial charge in [0.15, 0.2) is 0 Å². The number of nitrogens with one attached hydrogen (secondary N) is 1. The molecule has 0 aliphatic carbocycles. The molecule has 1 aliphatic rings. The average Bonchev–Trinajstić information content (AvgIpc) is 2.97. The van der Waals surface area contributed by atoms with Crippen LogP contribution >= 0.6 is 0 Å². The highest BCUT2D eigenvalue weighted by atomic mass is 19.1. The van der Waals surface area contributed by atoms with Crippen molar-refractivity contribution >= 4 is 0 Å². The molecule has 1 aliphatic heterocycles. The van der Waals surface area contributed by atoms with Gasteiger partial charge in [-0.3, -0.25) is 0 Å². The fourth-order valence-electron chi connectivity index (χ4n) is 2.65. The van der Waals surface area contributed by atoms with Gasteiger partial charge in [0.1, 0.15) is 11.5 Å². The van der Waals surface area contributed by atoms with E-state index in [9.17, 15) is 4.39 Å². The first-order chi connectivity index (χ1) is 10.1. The lowest BCUT2D eigenvalue weighted by Gasteiger charge is -2.21. The number of morpholine rings is 1. The van der Waals surface area contributed by atoms with Crippen molar-refractivity contribution in [1.29, 1.82) is 0 Å². The van der Waals surface area contributed by atoms with Gasteiger partial charge in [0.2, 0.25) is 0 Å². The number of rotatable bonds is 3. The number of benzene rings is 1. The van der Waals surface area contributed by atoms with Gasteiger partial charge in [-0.05, 0) is 37.1 Å². The van der Waals surface area contributed by atoms with Crippen LogP contribution in [-0.4, -0.2) is 34.8 Å². The van der Waals surface area contributed by atoms with Crippen LogP contribution in [0, 0.1) is 12.7 Å². The molecule has 0 spiro atoms. The first-order valence-corrected chi connectivity index (χ1v) is 7.14. The molecule has 2 heterocycles. The van der Waals surface area contributed by atoms with Crippen molar-refractivity contribution in [3.63, 3.8) is 0 Å². The van der Waals surface area contributed by atoms with E-state index in [2.05, 4.69) is 15.6 Å². The molecule has 2 aromatic rings. The van der Waals surface area contributed by atoms with E-state index >= 15 is 0 Å². The molecule has 1 saturated heterocycles. The first-order valence-electron chi connectivity index (χ1n) is 7.14. The monoisotopic (exact) mass is 290 g/mol. The van der Waals surface area contributed by atoms with Gasteiger partial charge in [-0.15, -0.1) is 5.10 Å². The Kier molecular flexibility index (Phi) is 3.98. The summed E-state index contributed by atoms with van der Waals surface area (Å²) in [5.74, 6) is -0.216. The van der Waals surface area contributed by atoms with Crippen molar-refractivity contribution in [1.82, 2.24) is 20.3 Å². The Morgan fingerprint density at radius 2 is 2.33 bits per heavy atom. The summed E-state index contributed by atoms with van der Waals surface area (Å²) in [7, 11) is 0. The highest BCUT2D eigenvalue weighted by molar-refractivity contribution is 5.29. The molecule has 1 aromatic carbocycles. The molecule has 1 unspecified atom stereocenters. The molecule has 2 atom stereocenters.